The molecule has 0 spiro atoms. The van der Waals surface area contributed by atoms with Crippen molar-refractivity contribution >= 4 is 18.2 Å². The molecule has 2 rings (SSSR count). The van der Waals surface area contributed by atoms with Crippen LogP contribution in [0.3, 0.4) is 0 Å². The summed E-state index contributed by atoms with van der Waals surface area (Å²) in [5.41, 5.74) is 1.82. The maximum atomic E-state index is 11.9. The second kappa shape index (κ2) is 6.69. The van der Waals surface area contributed by atoms with Gasteiger partial charge in [-0.2, -0.15) is 0 Å². The fourth-order valence-corrected chi connectivity index (χ4v) is 2.18. The van der Waals surface area contributed by atoms with E-state index in [4.69, 9.17) is 5.11 Å². The molecule has 1 aliphatic heterocycles. The van der Waals surface area contributed by atoms with Gasteiger partial charge in [0.15, 0.2) is 0 Å². The van der Waals surface area contributed by atoms with Crippen molar-refractivity contribution in [2.24, 2.45) is 5.92 Å². The molecule has 1 aliphatic carbocycles. The van der Waals surface area contributed by atoms with Gasteiger partial charge in [0.05, 0.1) is 18.9 Å². The molecule has 6 nitrogen and oxygen atoms in total. The fraction of sp³-hybridized carbons (Fsp3) is 0.267. The second-order valence-corrected chi connectivity index (χ2v) is 4.84. The monoisotopic (exact) mass is 288 g/mol. The van der Waals surface area contributed by atoms with Crippen LogP contribution in [0.4, 0.5) is 0 Å². The molecule has 0 fully saturated rings. The summed E-state index contributed by atoms with van der Waals surface area (Å²) < 4.78 is 0. The van der Waals surface area contributed by atoms with Crippen LogP contribution in [0.15, 0.2) is 47.9 Å². The Bertz CT molecular complexity index is 572. The van der Waals surface area contributed by atoms with Gasteiger partial charge in [-0.1, -0.05) is 18.2 Å². The van der Waals surface area contributed by atoms with Gasteiger partial charge in [-0.05, 0) is 17.7 Å². The molecule has 6 heteroatoms. The predicted octanol–water partition coefficient (Wildman–Crippen LogP) is 0.648. The average Bonchev–Trinajstić information content (AvgIpc) is 2.63. The van der Waals surface area contributed by atoms with E-state index in [1.165, 1.54) is 0 Å². The Labute approximate surface area is 121 Å². The van der Waals surface area contributed by atoms with Gasteiger partial charge in [0.1, 0.15) is 6.29 Å². The zero-order valence-corrected chi connectivity index (χ0v) is 11.3. The van der Waals surface area contributed by atoms with E-state index >= 15 is 0 Å². The third kappa shape index (κ3) is 4.17. The van der Waals surface area contributed by atoms with Gasteiger partial charge in [0.25, 0.3) is 0 Å². The molecule has 21 heavy (non-hydrogen) atoms. The maximum Gasteiger partial charge on any atom is 0.305 e. The van der Waals surface area contributed by atoms with Crippen LogP contribution in [0.2, 0.25) is 0 Å². The van der Waals surface area contributed by atoms with Gasteiger partial charge < -0.3 is 20.5 Å². The highest BCUT2D eigenvalue weighted by Gasteiger charge is 2.20. The Morgan fingerprint density at radius 1 is 1.43 bits per heavy atom. The van der Waals surface area contributed by atoms with Crippen molar-refractivity contribution in [2.45, 2.75) is 18.9 Å². The number of hydrogen-bond donors (Lipinski definition) is 3. The lowest BCUT2D eigenvalue weighted by Crippen LogP contribution is -2.38. The van der Waals surface area contributed by atoms with Crippen LogP contribution in [0.5, 0.6) is 0 Å². The van der Waals surface area contributed by atoms with Gasteiger partial charge in [0, 0.05) is 17.8 Å². The number of amides is 1. The number of aldehydes is 1. The molecule has 2 bridgehead atoms. The molecule has 2 unspecified atom stereocenters. The highest BCUT2D eigenvalue weighted by atomic mass is 16.4. The number of carboxylic acids is 1. The summed E-state index contributed by atoms with van der Waals surface area (Å²) >= 11 is 0. The second-order valence-electron chi connectivity index (χ2n) is 4.84. The first-order valence-electron chi connectivity index (χ1n) is 6.57. The number of carbonyl (C=O) groups excluding carboxylic acids is 2. The van der Waals surface area contributed by atoms with E-state index in [9.17, 15) is 14.4 Å². The van der Waals surface area contributed by atoms with E-state index in [-0.39, 0.29) is 18.2 Å². The topological polar surface area (TPSA) is 95.5 Å². The Kier molecular flexibility index (Phi) is 4.71. The molecule has 2 aliphatic rings. The number of carboxylic acid groups (broad SMARTS) is 1. The fourth-order valence-electron chi connectivity index (χ4n) is 2.18. The smallest absolute Gasteiger partial charge is 0.305 e. The van der Waals surface area contributed by atoms with E-state index in [1.54, 1.807) is 6.20 Å². The molecule has 0 aromatic carbocycles. The van der Waals surface area contributed by atoms with Crippen molar-refractivity contribution < 1.29 is 19.5 Å². The molecule has 0 saturated carbocycles. The zero-order valence-electron chi connectivity index (χ0n) is 11.3. The summed E-state index contributed by atoms with van der Waals surface area (Å²) in [5.74, 6) is -1.48. The van der Waals surface area contributed by atoms with E-state index in [2.05, 4.69) is 10.6 Å². The Morgan fingerprint density at radius 3 is 2.95 bits per heavy atom. The third-order valence-corrected chi connectivity index (χ3v) is 3.19. The van der Waals surface area contributed by atoms with Gasteiger partial charge in [-0.25, -0.2) is 0 Å². The molecule has 2 atom stereocenters. The number of carbonyl (C=O) groups is 3. The highest BCUT2D eigenvalue weighted by Crippen LogP contribution is 2.24. The minimum Gasteiger partial charge on any atom is -0.481 e. The van der Waals surface area contributed by atoms with Crippen molar-refractivity contribution in [2.75, 3.05) is 0 Å². The third-order valence-electron chi connectivity index (χ3n) is 3.19. The normalized spacial score (nSPS) is 20.5. The van der Waals surface area contributed by atoms with E-state index in [0.717, 1.165) is 11.3 Å². The molecular weight excluding hydrogens is 272 g/mol. The lowest BCUT2D eigenvalue weighted by Gasteiger charge is -2.20. The minimum absolute atomic E-state index is 0.0242. The first-order chi connectivity index (χ1) is 10.1. The summed E-state index contributed by atoms with van der Waals surface area (Å²) in [7, 11) is 0. The number of hydrogen-bond acceptors (Lipinski definition) is 4. The summed E-state index contributed by atoms with van der Waals surface area (Å²) in [5, 5.41) is 14.1. The molecule has 1 amide bonds. The number of allylic oxidation sites excluding steroid dienone is 5. The zero-order chi connectivity index (χ0) is 15.2. The average molecular weight is 288 g/mol. The quantitative estimate of drug-likeness (QED) is 0.624. The van der Waals surface area contributed by atoms with Crippen molar-refractivity contribution in [3.63, 3.8) is 0 Å². The molecule has 0 radical (unpaired) electrons. The van der Waals surface area contributed by atoms with E-state index < -0.39 is 18.4 Å². The molecular formula is C15H16N2O4. The van der Waals surface area contributed by atoms with Crippen LogP contribution >= 0.6 is 0 Å². The Hall–Kier alpha value is -2.63. The summed E-state index contributed by atoms with van der Waals surface area (Å²) in [6.07, 6.45) is 11.6. The van der Waals surface area contributed by atoms with Crippen molar-refractivity contribution in [1.82, 2.24) is 10.6 Å². The number of fused-ring (bicyclic) bond motifs is 1. The Balaban J connectivity index is 1.94. The molecule has 0 aromatic rings. The SMILES string of the molecule is O=CC(CC(=O)O)NC(=O)CC1=CNC2=CC1C=CC=C2. The highest BCUT2D eigenvalue weighted by molar-refractivity contribution is 5.84. The molecule has 1 heterocycles. The molecule has 110 valence electrons. The lowest BCUT2D eigenvalue weighted by molar-refractivity contribution is -0.138. The van der Waals surface area contributed by atoms with Crippen molar-refractivity contribution in [1.29, 1.82) is 0 Å². The maximum absolute atomic E-state index is 11.9. The van der Waals surface area contributed by atoms with E-state index in [1.807, 2.05) is 30.4 Å². The number of aliphatic carboxylic acids is 1. The molecule has 3 N–H and O–H groups in total. The first kappa shape index (κ1) is 14.8. The van der Waals surface area contributed by atoms with Gasteiger partial charge in [-0.3, -0.25) is 9.59 Å². The van der Waals surface area contributed by atoms with Crippen LogP contribution in [0, 0.1) is 5.92 Å². The predicted molar refractivity (Wildman–Crippen MR) is 75.9 cm³/mol. The summed E-state index contributed by atoms with van der Waals surface area (Å²) in [6, 6.07) is -0.996. The number of nitrogens with one attached hydrogen (secondary N) is 2. The van der Waals surface area contributed by atoms with Gasteiger partial charge >= 0.3 is 5.97 Å². The standard InChI is InChI=1S/C15H16N2O4/c18-9-13(7-15(20)21)17-14(19)6-11-8-16-12-4-2-1-3-10(11)5-12/h1-5,8-10,13,16H,6-7H2,(H,17,19)(H,20,21). The number of dihydropyridines is 1. The van der Waals surface area contributed by atoms with Crippen molar-refractivity contribution in [3.8, 4) is 0 Å². The summed E-state index contributed by atoms with van der Waals surface area (Å²) in [4.78, 5) is 33.2. The Morgan fingerprint density at radius 2 is 2.24 bits per heavy atom. The van der Waals surface area contributed by atoms with Gasteiger partial charge in [0.2, 0.25) is 5.91 Å². The first-order valence-corrected chi connectivity index (χ1v) is 6.57. The van der Waals surface area contributed by atoms with Crippen LogP contribution in [0.25, 0.3) is 0 Å². The van der Waals surface area contributed by atoms with Crippen LogP contribution in [-0.4, -0.2) is 29.3 Å². The van der Waals surface area contributed by atoms with Gasteiger partial charge in [-0.15, -0.1) is 0 Å². The van der Waals surface area contributed by atoms with E-state index in [0.29, 0.717) is 6.29 Å². The lowest BCUT2D eigenvalue weighted by atomic mass is 9.93. The largest absolute Gasteiger partial charge is 0.481 e. The van der Waals surface area contributed by atoms with Crippen LogP contribution < -0.4 is 10.6 Å². The molecule has 0 saturated heterocycles. The minimum atomic E-state index is -1.13. The molecule has 0 aromatic heterocycles. The number of rotatable bonds is 6. The summed E-state index contributed by atoms with van der Waals surface area (Å²) in [6.45, 7) is 0. The van der Waals surface area contributed by atoms with Crippen LogP contribution in [0.1, 0.15) is 12.8 Å². The van der Waals surface area contributed by atoms with Crippen LogP contribution in [-0.2, 0) is 14.4 Å². The van der Waals surface area contributed by atoms with Crippen molar-refractivity contribution in [3.05, 3.63) is 47.9 Å².